The second kappa shape index (κ2) is 13.6. The third-order valence-corrected chi connectivity index (χ3v) is 8.14. The number of urea groups is 1. The summed E-state index contributed by atoms with van der Waals surface area (Å²) >= 11 is 0. The summed E-state index contributed by atoms with van der Waals surface area (Å²) in [5.74, 6) is -0.966. The van der Waals surface area contributed by atoms with Crippen LogP contribution < -0.4 is 10.6 Å². The predicted molar refractivity (Wildman–Crippen MR) is 157 cm³/mol. The first kappa shape index (κ1) is 31.3. The number of nitrogens with zero attached hydrogens (tertiary/aromatic N) is 3. The van der Waals surface area contributed by atoms with Crippen LogP contribution in [0.5, 0.6) is 0 Å². The Morgan fingerprint density at radius 1 is 1.09 bits per heavy atom. The third kappa shape index (κ3) is 6.81. The number of alkyl halides is 3. The van der Waals surface area contributed by atoms with E-state index < -0.39 is 35.8 Å². The van der Waals surface area contributed by atoms with Crippen molar-refractivity contribution in [3.63, 3.8) is 0 Å². The van der Waals surface area contributed by atoms with Gasteiger partial charge in [0.2, 0.25) is 5.91 Å². The van der Waals surface area contributed by atoms with E-state index in [2.05, 4.69) is 22.1 Å². The van der Waals surface area contributed by atoms with Crippen LogP contribution in [0.1, 0.15) is 29.2 Å². The summed E-state index contributed by atoms with van der Waals surface area (Å²) in [6.07, 6.45) is -2.34. The van der Waals surface area contributed by atoms with E-state index in [1.54, 1.807) is 0 Å². The maximum absolute atomic E-state index is 14.2. The lowest BCUT2D eigenvalue weighted by Gasteiger charge is -2.33. The number of carbonyl (C=O) groups excluding carboxylic acids is 3. The van der Waals surface area contributed by atoms with Crippen LogP contribution in [0.25, 0.3) is 0 Å². The standard InChI is InChI=1S/C32H36F3N5O4/c1-2-14-39-26-21-40(30(42)27(26)28(37-31(39)43)23-11-6-7-12-24(23)32(33,34)35)25(20-22-9-4-3-5-10-22)29(41)36-13-8-15-38-16-18-44-19-17-38/h2-7,9-12,25,28H,1,8,13-21H2,(H,36,41)(H,37,43). The van der Waals surface area contributed by atoms with Gasteiger partial charge >= 0.3 is 12.2 Å². The molecule has 0 aromatic heterocycles. The number of hydrogen-bond donors (Lipinski definition) is 2. The molecular formula is C32H36F3N5O4. The van der Waals surface area contributed by atoms with Crippen LogP contribution in [-0.2, 0) is 26.9 Å². The van der Waals surface area contributed by atoms with Crippen LogP contribution in [0.2, 0.25) is 0 Å². The highest BCUT2D eigenvalue weighted by Gasteiger charge is 2.48. The zero-order valence-corrected chi connectivity index (χ0v) is 24.3. The minimum Gasteiger partial charge on any atom is -0.379 e. The first-order chi connectivity index (χ1) is 21.2. The fourth-order valence-electron chi connectivity index (χ4n) is 5.97. The molecule has 2 aromatic carbocycles. The van der Waals surface area contributed by atoms with E-state index in [9.17, 15) is 27.6 Å². The molecule has 3 heterocycles. The summed E-state index contributed by atoms with van der Waals surface area (Å²) in [5, 5.41) is 5.58. The van der Waals surface area contributed by atoms with Gasteiger partial charge in [0.15, 0.2) is 0 Å². The SMILES string of the molecule is C=CCN1C(=O)NC(c2ccccc2C(F)(F)F)C2=C1CN(C(Cc1ccccc1)C(=O)NCCCN1CCOCC1)C2=O. The van der Waals surface area contributed by atoms with Crippen molar-refractivity contribution in [2.24, 2.45) is 0 Å². The predicted octanol–water partition coefficient (Wildman–Crippen LogP) is 3.50. The highest BCUT2D eigenvalue weighted by Crippen LogP contribution is 2.42. The molecule has 12 heteroatoms. The van der Waals surface area contributed by atoms with E-state index in [-0.39, 0.29) is 42.3 Å². The molecule has 0 spiro atoms. The molecule has 4 amide bonds. The van der Waals surface area contributed by atoms with Gasteiger partial charge in [-0.1, -0.05) is 54.6 Å². The first-order valence-electron chi connectivity index (χ1n) is 14.7. The summed E-state index contributed by atoms with van der Waals surface area (Å²) in [4.78, 5) is 46.1. The number of nitrogens with one attached hydrogen (secondary N) is 2. The van der Waals surface area contributed by atoms with Crippen LogP contribution in [0.15, 0.2) is 78.5 Å². The fourth-order valence-corrected chi connectivity index (χ4v) is 5.97. The number of rotatable bonds is 11. The van der Waals surface area contributed by atoms with Crippen LogP contribution in [0.3, 0.4) is 0 Å². The minimum absolute atomic E-state index is 0.0151. The smallest absolute Gasteiger partial charge is 0.379 e. The lowest BCUT2D eigenvalue weighted by atomic mass is 9.91. The Kier molecular flexibility index (Phi) is 9.70. The quantitative estimate of drug-likeness (QED) is 0.300. The number of morpholine rings is 1. The van der Waals surface area contributed by atoms with E-state index >= 15 is 0 Å². The van der Waals surface area contributed by atoms with Gasteiger partial charge in [0, 0.05) is 32.6 Å². The normalized spacial score (nSPS) is 19.9. The van der Waals surface area contributed by atoms with E-state index in [1.807, 2.05) is 30.3 Å². The molecule has 3 aliphatic rings. The number of amides is 4. The average Bonchev–Trinajstić information content (AvgIpc) is 3.36. The van der Waals surface area contributed by atoms with Gasteiger partial charge in [0.1, 0.15) is 6.04 Å². The molecule has 1 saturated heterocycles. The molecule has 2 N–H and O–H groups in total. The summed E-state index contributed by atoms with van der Waals surface area (Å²) in [5.41, 5.74) is -0.0872. The number of halogens is 3. The van der Waals surface area contributed by atoms with Crippen molar-refractivity contribution < 1.29 is 32.3 Å². The molecule has 2 atom stereocenters. The van der Waals surface area contributed by atoms with Crippen LogP contribution in [0.4, 0.5) is 18.0 Å². The fraction of sp³-hybridized carbons (Fsp3) is 0.406. The molecular weight excluding hydrogens is 575 g/mol. The summed E-state index contributed by atoms with van der Waals surface area (Å²) in [6.45, 7) is 7.81. The molecule has 5 rings (SSSR count). The van der Waals surface area contributed by atoms with Crippen molar-refractivity contribution >= 4 is 17.8 Å². The Morgan fingerprint density at radius 2 is 1.80 bits per heavy atom. The van der Waals surface area contributed by atoms with E-state index in [0.29, 0.717) is 26.2 Å². The Labute approximate surface area is 254 Å². The van der Waals surface area contributed by atoms with Crippen LogP contribution in [-0.4, -0.2) is 91.1 Å². The van der Waals surface area contributed by atoms with Crippen LogP contribution in [0, 0.1) is 0 Å². The van der Waals surface area contributed by atoms with Crippen molar-refractivity contribution in [1.29, 1.82) is 0 Å². The van der Waals surface area contributed by atoms with E-state index in [0.717, 1.165) is 31.3 Å². The molecule has 44 heavy (non-hydrogen) atoms. The molecule has 2 aromatic rings. The first-order valence-corrected chi connectivity index (χ1v) is 14.7. The van der Waals surface area contributed by atoms with Gasteiger partial charge in [-0.25, -0.2) is 4.79 Å². The molecule has 0 radical (unpaired) electrons. The maximum atomic E-state index is 14.2. The summed E-state index contributed by atoms with van der Waals surface area (Å²) < 4.78 is 47.5. The minimum atomic E-state index is -4.71. The largest absolute Gasteiger partial charge is 0.416 e. The van der Waals surface area contributed by atoms with E-state index in [1.165, 1.54) is 34.1 Å². The monoisotopic (exact) mass is 611 g/mol. The highest BCUT2D eigenvalue weighted by molar-refractivity contribution is 6.03. The number of ether oxygens (including phenoxy) is 1. The molecule has 0 bridgehead atoms. The van der Waals surface area contributed by atoms with Gasteiger partial charge in [-0.2, -0.15) is 13.2 Å². The maximum Gasteiger partial charge on any atom is 0.416 e. The second-order valence-electron chi connectivity index (χ2n) is 11.0. The number of benzene rings is 2. The molecule has 9 nitrogen and oxygen atoms in total. The number of carbonyl (C=O) groups is 3. The Hall–Kier alpha value is -4.16. The van der Waals surface area contributed by atoms with Crippen molar-refractivity contribution in [3.05, 3.63) is 95.2 Å². The zero-order valence-electron chi connectivity index (χ0n) is 24.3. The second-order valence-corrected chi connectivity index (χ2v) is 11.0. The average molecular weight is 612 g/mol. The highest BCUT2D eigenvalue weighted by atomic mass is 19.4. The lowest BCUT2D eigenvalue weighted by Crippen LogP contribution is -2.50. The van der Waals surface area contributed by atoms with Crippen LogP contribution >= 0.6 is 0 Å². The summed E-state index contributed by atoms with van der Waals surface area (Å²) in [6, 6.07) is 11.2. The third-order valence-electron chi connectivity index (χ3n) is 8.14. The van der Waals surface area contributed by atoms with Crippen molar-refractivity contribution in [3.8, 4) is 0 Å². The van der Waals surface area contributed by atoms with Gasteiger partial charge in [0.05, 0.1) is 42.6 Å². The van der Waals surface area contributed by atoms with Gasteiger partial charge in [-0.3, -0.25) is 19.4 Å². The lowest BCUT2D eigenvalue weighted by molar-refractivity contribution is -0.138. The van der Waals surface area contributed by atoms with Gasteiger partial charge in [0.25, 0.3) is 5.91 Å². The van der Waals surface area contributed by atoms with Crippen molar-refractivity contribution in [2.45, 2.75) is 31.1 Å². The summed E-state index contributed by atoms with van der Waals surface area (Å²) in [7, 11) is 0. The van der Waals surface area contributed by atoms with Gasteiger partial charge in [-0.05, 0) is 30.2 Å². The molecule has 234 valence electrons. The Morgan fingerprint density at radius 3 is 2.50 bits per heavy atom. The van der Waals surface area contributed by atoms with Gasteiger partial charge < -0.3 is 20.3 Å². The van der Waals surface area contributed by atoms with E-state index in [4.69, 9.17) is 4.74 Å². The zero-order chi connectivity index (χ0) is 31.3. The molecule has 0 saturated carbocycles. The Balaban J connectivity index is 1.43. The molecule has 1 fully saturated rings. The van der Waals surface area contributed by atoms with Crippen molar-refractivity contribution in [2.75, 3.05) is 52.5 Å². The molecule has 2 unspecified atom stereocenters. The number of hydrogen-bond acceptors (Lipinski definition) is 5. The molecule has 0 aliphatic carbocycles. The van der Waals surface area contributed by atoms with Crippen molar-refractivity contribution in [1.82, 2.24) is 25.3 Å². The topological polar surface area (TPSA) is 94.2 Å². The van der Waals surface area contributed by atoms with Gasteiger partial charge in [-0.15, -0.1) is 6.58 Å². The molecule has 3 aliphatic heterocycles. The Bertz CT molecular complexity index is 1410.